The molecule has 19 heteroatoms. The topological polar surface area (TPSA) is 237 Å². The van der Waals surface area contributed by atoms with Gasteiger partial charge in [-0.25, -0.2) is 9.13 Å². The molecular formula is C85H138O17P2. The van der Waals surface area contributed by atoms with Crippen molar-refractivity contribution < 1.29 is 80.2 Å². The zero-order valence-corrected chi connectivity index (χ0v) is 66.2. The molecule has 5 atom stereocenters. The first-order chi connectivity index (χ1) is 50.7. The Hall–Kier alpha value is -5.58. The molecule has 5 unspecified atom stereocenters. The maximum absolute atomic E-state index is 13.1. The Bertz CT molecular complexity index is 2640. The van der Waals surface area contributed by atoms with Gasteiger partial charge in [0.2, 0.25) is 0 Å². The molecule has 0 heterocycles. The second kappa shape index (κ2) is 75.6. The summed E-state index contributed by atoms with van der Waals surface area (Å²) in [5.41, 5.74) is 0. The number of phosphoric acid groups is 2. The molecule has 0 aromatic rings. The molecule has 0 rings (SSSR count). The number of aliphatic hydroxyl groups is 1. The van der Waals surface area contributed by atoms with E-state index in [4.69, 9.17) is 37.0 Å². The van der Waals surface area contributed by atoms with Crippen LogP contribution in [-0.4, -0.2) is 96.7 Å². The summed E-state index contributed by atoms with van der Waals surface area (Å²) in [5.74, 6) is -2.33. The average molecular weight is 1490 g/mol. The number of phosphoric ester groups is 2. The summed E-state index contributed by atoms with van der Waals surface area (Å²) in [7, 11) is -10.0. The summed E-state index contributed by atoms with van der Waals surface area (Å²) in [6.45, 7) is 4.36. The highest BCUT2D eigenvalue weighted by atomic mass is 31.2. The van der Waals surface area contributed by atoms with Crippen LogP contribution in [0.2, 0.25) is 0 Å². The number of carbonyl (C=O) groups excluding carboxylic acids is 4. The van der Waals surface area contributed by atoms with Crippen LogP contribution in [0.1, 0.15) is 285 Å². The Morgan fingerprint density at radius 2 is 0.519 bits per heavy atom. The van der Waals surface area contributed by atoms with Crippen LogP contribution in [0.3, 0.4) is 0 Å². The van der Waals surface area contributed by atoms with E-state index in [2.05, 4.69) is 180 Å². The van der Waals surface area contributed by atoms with Crippen molar-refractivity contribution in [2.75, 3.05) is 39.6 Å². The minimum Gasteiger partial charge on any atom is -0.462 e. The van der Waals surface area contributed by atoms with E-state index < -0.39 is 97.5 Å². The van der Waals surface area contributed by atoms with Crippen LogP contribution in [0, 0.1) is 0 Å². The lowest BCUT2D eigenvalue weighted by atomic mass is 10.1. The number of esters is 4. The number of hydrogen-bond acceptors (Lipinski definition) is 15. The van der Waals surface area contributed by atoms with Crippen molar-refractivity contribution in [3.8, 4) is 0 Å². The number of unbranched alkanes of at least 4 members (excludes halogenated alkanes) is 18. The smallest absolute Gasteiger partial charge is 0.462 e. The highest BCUT2D eigenvalue weighted by molar-refractivity contribution is 7.47. The lowest BCUT2D eigenvalue weighted by molar-refractivity contribution is -0.161. The first-order valence-corrected chi connectivity index (χ1v) is 42.4. The maximum atomic E-state index is 13.1. The van der Waals surface area contributed by atoms with Gasteiger partial charge in [0.25, 0.3) is 0 Å². The fourth-order valence-corrected chi connectivity index (χ4v) is 11.3. The molecule has 0 bridgehead atoms. The van der Waals surface area contributed by atoms with Crippen LogP contribution in [0.25, 0.3) is 0 Å². The van der Waals surface area contributed by atoms with Crippen molar-refractivity contribution in [1.82, 2.24) is 0 Å². The fourth-order valence-electron chi connectivity index (χ4n) is 9.72. The van der Waals surface area contributed by atoms with Gasteiger partial charge < -0.3 is 33.8 Å². The number of carbonyl (C=O) groups is 4. The third kappa shape index (κ3) is 74.7. The molecule has 0 saturated carbocycles. The molecule has 0 aliphatic heterocycles. The SMILES string of the molecule is CC/C=C\C/C=C\C/C=C\C/C=C\C/C=C\C/C=C\CCC(=O)OCC(COP(=O)(O)OCC(O)COP(=O)(O)OCC(COC(=O)CCCCCCC/C=C\C/C=C\CCC)OC(=O)CCCCCCC/C=C\C/C=C\CCC)OC(=O)CCCCCCCC/C=C\C/C=C\C/C=C\C/C=C\CC. The van der Waals surface area contributed by atoms with Crippen LogP contribution in [-0.2, 0) is 65.4 Å². The summed E-state index contributed by atoms with van der Waals surface area (Å²) in [4.78, 5) is 72.9. The Labute approximate surface area is 629 Å². The third-order valence-electron chi connectivity index (χ3n) is 15.6. The zero-order chi connectivity index (χ0) is 76.0. The quantitative estimate of drug-likeness (QED) is 0.0169. The predicted molar refractivity (Wildman–Crippen MR) is 426 cm³/mol. The minimum atomic E-state index is -5.01. The summed E-state index contributed by atoms with van der Waals surface area (Å²) < 4.78 is 68.4. The van der Waals surface area contributed by atoms with E-state index in [9.17, 15) is 43.2 Å². The summed E-state index contributed by atoms with van der Waals surface area (Å²) in [6.07, 6.45) is 89.2. The van der Waals surface area contributed by atoms with Gasteiger partial charge in [0, 0.05) is 25.7 Å². The monoisotopic (exact) mass is 1490 g/mol. The van der Waals surface area contributed by atoms with E-state index in [0.29, 0.717) is 32.1 Å². The Morgan fingerprint density at radius 1 is 0.279 bits per heavy atom. The fraction of sp³-hybridized carbons (Fsp3) is 0.624. The lowest BCUT2D eigenvalue weighted by Crippen LogP contribution is -2.30. The average Bonchev–Trinajstić information content (AvgIpc) is 0.906. The molecule has 0 radical (unpaired) electrons. The maximum Gasteiger partial charge on any atom is 0.472 e. The minimum absolute atomic E-state index is 0.0262. The van der Waals surface area contributed by atoms with Crippen LogP contribution < -0.4 is 0 Å². The van der Waals surface area contributed by atoms with Gasteiger partial charge in [0.1, 0.15) is 19.3 Å². The first kappa shape index (κ1) is 98.4. The first-order valence-electron chi connectivity index (χ1n) is 39.4. The lowest BCUT2D eigenvalue weighted by Gasteiger charge is -2.21. The molecule has 0 aromatic heterocycles. The van der Waals surface area contributed by atoms with E-state index in [0.717, 1.165) is 199 Å². The Balaban J connectivity index is 5.47. The van der Waals surface area contributed by atoms with Crippen LogP contribution >= 0.6 is 15.6 Å². The van der Waals surface area contributed by atoms with Crippen molar-refractivity contribution in [3.05, 3.63) is 170 Å². The summed E-state index contributed by atoms with van der Waals surface area (Å²) in [5, 5.41) is 10.6. The highest BCUT2D eigenvalue weighted by Crippen LogP contribution is 2.45. The molecule has 0 fully saturated rings. The molecule has 590 valence electrons. The molecule has 0 aliphatic carbocycles. The van der Waals surface area contributed by atoms with Crippen molar-refractivity contribution in [1.29, 1.82) is 0 Å². The molecular weight excluding hydrogens is 1350 g/mol. The molecule has 0 amide bonds. The molecule has 3 N–H and O–H groups in total. The number of aliphatic hydroxyl groups excluding tert-OH is 1. The van der Waals surface area contributed by atoms with Gasteiger partial charge in [-0.1, -0.05) is 275 Å². The standard InChI is InChI=1S/C85H138O17P2/c1-5-9-13-17-21-25-29-33-35-37-39-41-43-47-50-54-58-62-66-70-83(88)96-76-81(102-85(90)72-68-64-60-56-52-48-44-42-40-38-36-34-30-26-22-18-14-10-6-2)78-100-104(93,94)98-74-79(86)73-97-103(91,92)99-77-80(101-84(89)71-67-63-59-55-51-46-32-28-24-20-16-12-8-4)75-95-82(87)69-65-61-57-53-49-45-31-27-23-19-15-11-7-3/h9-10,13-16,19-22,25-28,31-36,39-42,47,50,58,62,79-81,86H,5-8,11-12,17-18,23-24,29-30,37-38,43-46,48-49,51-57,59-61,63-78H2,1-4H3,(H,91,92)(H,93,94)/b13-9-,14-10-,19-15-,20-16-,25-21-,26-22-,31-27-,32-28-,35-33-,36-34-,41-39-,42-40-,50-47-,62-58-. The zero-order valence-electron chi connectivity index (χ0n) is 64.4. The van der Waals surface area contributed by atoms with Crippen molar-refractivity contribution in [2.24, 2.45) is 0 Å². The largest absolute Gasteiger partial charge is 0.472 e. The van der Waals surface area contributed by atoms with Gasteiger partial charge >= 0.3 is 39.5 Å². The molecule has 0 spiro atoms. The molecule has 0 saturated heterocycles. The van der Waals surface area contributed by atoms with E-state index in [1.54, 1.807) is 0 Å². The molecule has 0 aliphatic rings. The van der Waals surface area contributed by atoms with E-state index in [1.807, 2.05) is 18.2 Å². The molecule has 104 heavy (non-hydrogen) atoms. The number of ether oxygens (including phenoxy) is 4. The van der Waals surface area contributed by atoms with Gasteiger partial charge in [0.15, 0.2) is 12.2 Å². The van der Waals surface area contributed by atoms with Crippen LogP contribution in [0.4, 0.5) is 0 Å². The normalized spacial score (nSPS) is 14.8. The number of hydrogen-bond donors (Lipinski definition) is 3. The Morgan fingerprint density at radius 3 is 0.827 bits per heavy atom. The number of rotatable bonds is 72. The van der Waals surface area contributed by atoms with Crippen molar-refractivity contribution in [3.63, 3.8) is 0 Å². The van der Waals surface area contributed by atoms with Crippen LogP contribution in [0.5, 0.6) is 0 Å². The highest BCUT2D eigenvalue weighted by Gasteiger charge is 2.30. The van der Waals surface area contributed by atoms with Gasteiger partial charge in [-0.3, -0.25) is 37.3 Å². The van der Waals surface area contributed by atoms with Crippen molar-refractivity contribution in [2.45, 2.75) is 303 Å². The van der Waals surface area contributed by atoms with E-state index in [1.165, 1.54) is 0 Å². The Kier molecular flexibility index (Phi) is 71.6. The van der Waals surface area contributed by atoms with Gasteiger partial charge in [-0.15, -0.1) is 0 Å². The predicted octanol–water partition coefficient (Wildman–Crippen LogP) is 23.0. The number of allylic oxidation sites excluding steroid dienone is 28. The van der Waals surface area contributed by atoms with Gasteiger partial charge in [-0.05, 0) is 154 Å². The summed E-state index contributed by atoms with van der Waals surface area (Å²) >= 11 is 0. The van der Waals surface area contributed by atoms with Crippen LogP contribution in [0.15, 0.2) is 170 Å². The van der Waals surface area contributed by atoms with Gasteiger partial charge in [-0.2, -0.15) is 0 Å². The third-order valence-corrected chi connectivity index (χ3v) is 17.5. The molecule has 17 nitrogen and oxygen atoms in total. The second-order valence-corrected chi connectivity index (χ2v) is 28.4. The summed E-state index contributed by atoms with van der Waals surface area (Å²) in [6, 6.07) is 0. The van der Waals surface area contributed by atoms with Crippen molar-refractivity contribution >= 4 is 39.5 Å². The van der Waals surface area contributed by atoms with E-state index in [-0.39, 0.29) is 25.7 Å². The second-order valence-electron chi connectivity index (χ2n) is 25.5. The molecule has 0 aromatic carbocycles. The van der Waals surface area contributed by atoms with E-state index >= 15 is 0 Å². The van der Waals surface area contributed by atoms with Gasteiger partial charge in [0.05, 0.1) is 26.4 Å².